The third-order valence-corrected chi connectivity index (χ3v) is 2.92. The van der Waals surface area contributed by atoms with Crippen LogP contribution >= 0.6 is 0 Å². The van der Waals surface area contributed by atoms with Crippen LogP contribution in [-0.4, -0.2) is 9.55 Å². The van der Waals surface area contributed by atoms with Crippen LogP contribution in [0.3, 0.4) is 0 Å². The molecule has 2 aromatic rings. The van der Waals surface area contributed by atoms with Gasteiger partial charge in [-0.3, -0.25) is 0 Å². The number of aromatic nitrogens is 2. The third-order valence-electron chi connectivity index (χ3n) is 2.92. The van der Waals surface area contributed by atoms with E-state index in [0.29, 0.717) is 11.9 Å². The van der Waals surface area contributed by atoms with Crippen LogP contribution in [0.4, 0.5) is 5.95 Å². The average molecular weight is 215 g/mol. The van der Waals surface area contributed by atoms with Crippen LogP contribution in [0.25, 0.3) is 0 Å². The molecule has 0 saturated carbocycles. The minimum atomic E-state index is 0.544. The zero-order valence-electron chi connectivity index (χ0n) is 9.50. The van der Waals surface area contributed by atoms with Crippen molar-refractivity contribution in [2.75, 3.05) is 5.73 Å². The number of imidazole rings is 1. The molecule has 0 fully saturated rings. The van der Waals surface area contributed by atoms with Crippen LogP contribution in [0.15, 0.2) is 42.7 Å². The maximum Gasteiger partial charge on any atom is 0.200 e. The van der Waals surface area contributed by atoms with Crippen LogP contribution in [0.2, 0.25) is 0 Å². The Kier molecular flexibility index (Phi) is 3.25. The fourth-order valence-electron chi connectivity index (χ4n) is 1.81. The third kappa shape index (κ3) is 2.42. The first-order valence-electron chi connectivity index (χ1n) is 5.59. The van der Waals surface area contributed by atoms with Gasteiger partial charge in [-0.25, -0.2) is 4.98 Å². The fourth-order valence-corrected chi connectivity index (χ4v) is 1.81. The number of nitrogen functional groups attached to an aromatic ring is 1. The molecular weight excluding hydrogens is 198 g/mol. The molecule has 2 N–H and O–H groups in total. The Hall–Kier alpha value is -1.77. The summed E-state index contributed by atoms with van der Waals surface area (Å²) in [5, 5.41) is 0. The monoisotopic (exact) mass is 215 g/mol. The number of nitrogens with two attached hydrogens (primary N) is 1. The number of hydrogen-bond donors (Lipinski definition) is 1. The largest absolute Gasteiger partial charge is 0.369 e. The molecule has 0 aliphatic heterocycles. The van der Waals surface area contributed by atoms with Crippen LogP contribution < -0.4 is 5.73 Å². The molecular formula is C13H17N3. The van der Waals surface area contributed by atoms with Crippen molar-refractivity contribution in [3.8, 4) is 0 Å². The Morgan fingerprint density at radius 3 is 2.69 bits per heavy atom. The van der Waals surface area contributed by atoms with Crippen molar-refractivity contribution in [2.24, 2.45) is 0 Å². The number of benzene rings is 1. The Morgan fingerprint density at radius 2 is 2.06 bits per heavy atom. The van der Waals surface area contributed by atoms with Crippen molar-refractivity contribution >= 4 is 5.95 Å². The summed E-state index contributed by atoms with van der Waals surface area (Å²) < 4.78 is 1.99. The van der Waals surface area contributed by atoms with E-state index in [-0.39, 0.29) is 0 Å². The quantitative estimate of drug-likeness (QED) is 0.852. The van der Waals surface area contributed by atoms with Gasteiger partial charge in [-0.15, -0.1) is 0 Å². The van der Waals surface area contributed by atoms with E-state index in [0.717, 1.165) is 13.0 Å². The predicted molar refractivity (Wildman–Crippen MR) is 66.1 cm³/mol. The standard InChI is InChI=1S/C13H17N3/c1-11(12-5-3-2-4-6-12)7-9-16-10-8-15-13(16)14/h2-6,8,10-11H,7,9H2,1H3,(H2,14,15). The van der Waals surface area contributed by atoms with E-state index in [4.69, 9.17) is 5.73 Å². The molecule has 1 heterocycles. The molecule has 84 valence electrons. The van der Waals surface area contributed by atoms with E-state index in [1.54, 1.807) is 6.20 Å². The zero-order valence-corrected chi connectivity index (χ0v) is 9.50. The number of hydrogen-bond acceptors (Lipinski definition) is 2. The second-order valence-corrected chi connectivity index (χ2v) is 4.08. The Balaban J connectivity index is 1.94. The molecule has 0 bridgehead atoms. The highest BCUT2D eigenvalue weighted by atomic mass is 15.1. The summed E-state index contributed by atoms with van der Waals surface area (Å²) in [5.41, 5.74) is 7.09. The summed E-state index contributed by atoms with van der Waals surface area (Å²) in [6, 6.07) is 10.5. The molecule has 0 saturated heterocycles. The lowest BCUT2D eigenvalue weighted by Crippen LogP contribution is -2.05. The molecule has 1 aromatic heterocycles. The molecule has 0 aliphatic rings. The molecule has 0 radical (unpaired) electrons. The molecule has 0 amide bonds. The van der Waals surface area contributed by atoms with Gasteiger partial charge in [0.2, 0.25) is 0 Å². The SMILES string of the molecule is CC(CCn1ccnc1N)c1ccccc1. The van der Waals surface area contributed by atoms with E-state index in [2.05, 4.69) is 36.2 Å². The number of aryl methyl sites for hydroxylation is 1. The van der Waals surface area contributed by atoms with Crippen LogP contribution in [0.1, 0.15) is 24.8 Å². The number of anilines is 1. The van der Waals surface area contributed by atoms with Crippen molar-refractivity contribution in [1.82, 2.24) is 9.55 Å². The van der Waals surface area contributed by atoms with Gasteiger partial charge in [-0.1, -0.05) is 37.3 Å². The molecule has 1 unspecified atom stereocenters. The molecule has 3 nitrogen and oxygen atoms in total. The van der Waals surface area contributed by atoms with Gasteiger partial charge in [0.05, 0.1) is 0 Å². The van der Waals surface area contributed by atoms with Crippen LogP contribution in [-0.2, 0) is 6.54 Å². The molecule has 3 heteroatoms. The van der Waals surface area contributed by atoms with E-state index in [1.165, 1.54) is 5.56 Å². The number of rotatable bonds is 4. The molecule has 2 rings (SSSR count). The summed E-state index contributed by atoms with van der Waals surface area (Å²) in [5.74, 6) is 1.14. The maximum atomic E-state index is 5.72. The molecule has 16 heavy (non-hydrogen) atoms. The lowest BCUT2D eigenvalue weighted by atomic mass is 9.98. The topological polar surface area (TPSA) is 43.8 Å². The molecule has 1 aromatic carbocycles. The van der Waals surface area contributed by atoms with Crippen molar-refractivity contribution in [1.29, 1.82) is 0 Å². The van der Waals surface area contributed by atoms with Gasteiger partial charge in [0, 0.05) is 18.9 Å². The normalized spacial score (nSPS) is 12.6. The van der Waals surface area contributed by atoms with Crippen molar-refractivity contribution < 1.29 is 0 Å². The van der Waals surface area contributed by atoms with Crippen LogP contribution in [0.5, 0.6) is 0 Å². The second kappa shape index (κ2) is 4.84. The van der Waals surface area contributed by atoms with Crippen molar-refractivity contribution in [2.45, 2.75) is 25.8 Å². The first kappa shape index (κ1) is 10.7. The highest BCUT2D eigenvalue weighted by molar-refractivity contribution is 5.19. The minimum absolute atomic E-state index is 0.544. The molecule has 0 aliphatic carbocycles. The lowest BCUT2D eigenvalue weighted by Gasteiger charge is -2.12. The van der Waals surface area contributed by atoms with Gasteiger partial charge in [-0.05, 0) is 17.9 Å². The van der Waals surface area contributed by atoms with E-state index in [1.807, 2.05) is 16.8 Å². The van der Waals surface area contributed by atoms with Crippen molar-refractivity contribution in [3.63, 3.8) is 0 Å². The van der Waals surface area contributed by atoms with E-state index >= 15 is 0 Å². The van der Waals surface area contributed by atoms with Gasteiger partial charge in [0.15, 0.2) is 5.95 Å². The Labute approximate surface area is 95.9 Å². The van der Waals surface area contributed by atoms with Crippen LogP contribution in [0, 0.1) is 0 Å². The summed E-state index contributed by atoms with van der Waals surface area (Å²) >= 11 is 0. The summed E-state index contributed by atoms with van der Waals surface area (Å²) in [6.07, 6.45) is 4.74. The van der Waals surface area contributed by atoms with Gasteiger partial charge in [-0.2, -0.15) is 0 Å². The highest BCUT2D eigenvalue weighted by Gasteiger charge is 2.05. The minimum Gasteiger partial charge on any atom is -0.369 e. The Morgan fingerprint density at radius 1 is 1.31 bits per heavy atom. The highest BCUT2D eigenvalue weighted by Crippen LogP contribution is 2.19. The van der Waals surface area contributed by atoms with Gasteiger partial charge < -0.3 is 10.3 Å². The second-order valence-electron chi connectivity index (χ2n) is 4.08. The van der Waals surface area contributed by atoms with Gasteiger partial charge in [0.25, 0.3) is 0 Å². The number of nitrogens with zero attached hydrogens (tertiary/aromatic N) is 2. The van der Waals surface area contributed by atoms with Crippen molar-refractivity contribution in [3.05, 3.63) is 48.3 Å². The van der Waals surface area contributed by atoms with E-state index < -0.39 is 0 Å². The smallest absolute Gasteiger partial charge is 0.200 e. The van der Waals surface area contributed by atoms with Gasteiger partial charge >= 0.3 is 0 Å². The van der Waals surface area contributed by atoms with Gasteiger partial charge in [0.1, 0.15) is 0 Å². The fraction of sp³-hybridized carbons (Fsp3) is 0.308. The summed E-state index contributed by atoms with van der Waals surface area (Å²) in [4.78, 5) is 4.01. The summed E-state index contributed by atoms with van der Waals surface area (Å²) in [7, 11) is 0. The Bertz CT molecular complexity index is 433. The predicted octanol–water partition coefficient (Wildman–Crippen LogP) is 2.66. The molecule has 1 atom stereocenters. The average Bonchev–Trinajstić information content (AvgIpc) is 2.73. The maximum absolute atomic E-state index is 5.72. The first-order chi connectivity index (χ1) is 7.77. The first-order valence-corrected chi connectivity index (χ1v) is 5.59. The summed E-state index contributed by atoms with van der Waals surface area (Å²) in [6.45, 7) is 3.16. The van der Waals surface area contributed by atoms with E-state index in [9.17, 15) is 0 Å². The lowest BCUT2D eigenvalue weighted by molar-refractivity contribution is 0.581. The molecule has 0 spiro atoms. The zero-order chi connectivity index (χ0) is 11.4.